The number of methoxy groups -OCH3 is 1. The Morgan fingerprint density at radius 3 is 2.26 bits per heavy atom. The highest BCUT2D eigenvalue weighted by Gasteiger charge is 2.37. The van der Waals surface area contributed by atoms with Gasteiger partial charge in [0.2, 0.25) is 0 Å². The first-order valence-electron chi connectivity index (χ1n) is 13.5. The molecule has 220 valence electrons. The summed E-state index contributed by atoms with van der Waals surface area (Å²) in [5, 5.41) is 0. The Morgan fingerprint density at radius 1 is 0.953 bits per heavy atom. The molecule has 1 fully saturated rings. The highest BCUT2D eigenvalue weighted by molar-refractivity contribution is 8.27. The number of anilines is 1. The SMILES string of the molecule is COc1cc(/C=C2/SC(=S)N(c3c(C)n(C)n(-c4ccccc4)c3=O)C2=O)ccc1OC(=O)c1ccc(C(C)(C)C)cc1. The largest absolute Gasteiger partial charge is 0.493 e. The molecule has 1 aromatic heterocycles. The van der Waals surface area contributed by atoms with Crippen LogP contribution in [-0.4, -0.2) is 32.7 Å². The minimum Gasteiger partial charge on any atom is -0.493 e. The highest BCUT2D eigenvalue weighted by atomic mass is 32.2. The lowest BCUT2D eigenvalue weighted by Gasteiger charge is -2.19. The van der Waals surface area contributed by atoms with Crippen LogP contribution < -0.4 is 19.9 Å². The molecule has 0 aliphatic carbocycles. The first kappa shape index (κ1) is 30.1. The maximum Gasteiger partial charge on any atom is 0.343 e. The van der Waals surface area contributed by atoms with Gasteiger partial charge in [-0.05, 0) is 65.9 Å². The Morgan fingerprint density at radius 2 is 1.63 bits per heavy atom. The minimum atomic E-state index is -0.508. The fourth-order valence-corrected chi connectivity index (χ4v) is 6.02. The van der Waals surface area contributed by atoms with Crippen molar-refractivity contribution in [2.45, 2.75) is 33.1 Å². The van der Waals surface area contributed by atoms with Gasteiger partial charge < -0.3 is 9.47 Å². The molecule has 0 spiro atoms. The molecule has 2 heterocycles. The summed E-state index contributed by atoms with van der Waals surface area (Å²) >= 11 is 6.67. The quantitative estimate of drug-likeness (QED) is 0.108. The van der Waals surface area contributed by atoms with Gasteiger partial charge in [-0.15, -0.1) is 0 Å². The van der Waals surface area contributed by atoms with Gasteiger partial charge >= 0.3 is 5.97 Å². The molecule has 8 nitrogen and oxygen atoms in total. The number of hydrogen-bond acceptors (Lipinski definition) is 7. The van der Waals surface area contributed by atoms with E-state index in [2.05, 4.69) is 20.8 Å². The van der Waals surface area contributed by atoms with E-state index in [1.54, 1.807) is 55.1 Å². The van der Waals surface area contributed by atoms with Gasteiger partial charge in [-0.3, -0.25) is 19.2 Å². The van der Waals surface area contributed by atoms with Gasteiger partial charge in [0.25, 0.3) is 11.5 Å². The normalized spacial score (nSPS) is 14.5. The van der Waals surface area contributed by atoms with Gasteiger partial charge in [-0.1, -0.05) is 81.1 Å². The molecule has 3 aromatic carbocycles. The van der Waals surface area contributed by atoms with Crippen LogP contribution in [0.4, 0.5) is 5.69 Å². The molecule has 43 heavy (non-hydrogen) atoms. The second-order valence-electron chi connectivity index (χ2n) is 11.1. The highest BCUT2D eigenvalue weighted by Crippen LogP contribution is 2.38. The van der Waals surface area contributed by atoms with E-state index in [1.807, 2.05) is 42.5 Å². The van der Waals surface area contributed by atoms with Crippen LogP contribution in [0.1, 0.15) is 48.0 Å². The molecular weight excluding hydrogens is 583 g/mol. The summed E-state index contributed by atoms with van der Waals surface area (Å²) in [7, 11) is 3.24. The molecule has 0 bridgehead atoms. The molecule has 0 unspecified atom stereocenters. The van der Waals surface area contributed by atoms with Crippen LogP contribution in [0.15, 0.2) is 82.5 Å². The van der Waals surface area contributed by atoms with Crippen LogP contribution in [0.3, 0.4) is 0 Å². The van der Waals surface area contributed by atoms with Crippen molar-refractivity contribution in [2.24, 2.45) is 7.05 Å². The molecule has 1 amide bonds. The van der Waals surface area contributed by atoms with E-state index in [4.69, 9.17) is 21.7 Å². The lowest BCUT2D eigenvalue weighted by atomic mass is 9.87. The predicted octanol–water partition coefficient (Wildman–Crippen LogP) is 6.42. The Kier molecular flexibility index (Phi) is 8.18. The first-order valence-corrected chi connectivity index (χ1v) is 14.8. The van der Waals surface area contributed by atoms with E-state index in [9.17, 15) is 14.4 Å². The van der Waals surface area contributed by atoms with E-state index < -0.39 is 11.9 Å². The van der Waals surface area contributed by atoms with Crippen LogP contribution in [-0.2, 0) is 17.3 Å². The number of ether oxygens (including phenoxy) is 2. The van der Waals surface area contributed by atoms with Gasteiger partial charge in [0.1, 0.15) is 5.69 Å². The molecular formula is C33H31N3O5S2. The van der Waals surface area contributed by atoms with E-state index in [0.717, 1.165) is 17.3 Å². The van der Waals surface area contributed by atoms with Crippen molar-refractivity contribution in [1.29, 1.82) is 0 Å². The van der Waals surface area contributed by atoms with Crippen molar-refractivity contribution < 1.29 is 19.1 Å². The number of rotatable bonds is 6. The lowest BCUT2D eigenvalue weighted by molar-refractivity contribution is -0.113. The fraction of sp³-hybridized carbons (Fsp3) is 0.212. The maximum absolute atomic E-state index is 13.6. The zero-order chi connectivity index (χ0) is 31.1. The number of aromatic nitrogens is 2. The Balaban J connectivity index is 1.39. The van der Waals surface area contributed by atoms with Crippen LogP contribution in [0.25, 0.3) is 11.8 Å². The van der Waals surface area contributed by atoms with Crippen molar-refractivity contribution in [3.63, 3.8) is 0 Å². The number of hydrogen-bond donors (Lipinski definition) is 0. The van der Waals surface area contributed by atoms with Crippen LogP contribution in [0.2, 0.25) is 0 Å². The number of thiocarbonyl (C=S) groups is 1. The zero-order valence-corrected chi connectivity index (χ0v) is 26.3. The zero-order valence-electron chi connectivity index (χ0n) is 24.7. The van der Waals surface area contributed by atoms with Gasteiger partial charge in [-0.2, -0.15) is 0 Å². The van der Waals surface area contributed by atoms with E-state index in [1.165, 1.54) is 16.7 Å². The summed E-state index contributed by atoms with van der Waals surface area (Å²) in [5.74, 6) is -0.326. The number of benzene rings is 3. The standard InChI is InChI=1S/C33H31N3O5S2/c1-20-28(30(38)36(34(20)5)24-10-8-7-9-11-24)35-29(37)27(43-32(35)42)19-21-12-17-25(26(18-21)40-6)41-31(39)22-13-15-23(16-14-22)33(2,3)4/h7-19H,1-6H3/b27-19+. The summed E-state index contributed by atoms with van der Waals surface area (Å²) in [6.07, 6.45) is 1.67. The summed E-state index contributed by atoms with van der Waals surface area (Å²) in [6.45, 7) is 8.10. The molecule has 0 atom stereocenters. The third kappa shape index (κ3) is 5.80. The summed E-state index contributed by atoms with van der Waals surface area (Å²) in [4.78, 5) is 41.6. The molecule has 4 aromatic rings. The van der Waals surface area contributed by atoms with Crippen molar-refractivity contribution in [1.82, 2.24) is 9.36 Å². The maximum atomic E-state index is 13.6. The molecule has 0 N–H and O–H groups in total. The van der Waals surface area contributed by atoms with Gasteiger partial charge in [0.05, 0.1) is 29.0 Å². The molecule has 1 aliphatic heterocycles. The predicted molar refractivity (Wildman–Crippen MR) is 174 cm³/mol. The number of carbonyl (C=O) groups excluding carboxylic acids is 2. The number of thioether (sulfide) groups is 1. The van der Waals surface area contributed by atoms with Crippen LogP contribution in [0, 0.1) is 6.92 Å². The first-order chi connectivity index (χ1) is 20.4. The van der Waals surface area contributed by atoms with E-state index >= 15 is 0 Å². The van der Waals surface area contributed by atoms with E-state index in [-0.39, 0.29) is 26.7 Å². The van der Waals surface area contributed by atoms with E-state index in [0.29, 0.717) is 33.2 Å². The number of amides is 1. The summed E-state index contributed by atoms with van der Waals surface area (Å²) in [5.41, 5.74) is 3.30. The third-order valence-electron chi connectivity index (χ3n) is 7.22. The smallest absolute Gasteiger partial charge is 0.343 e. The molecule has 0 saturated carbocycles. The van der Waals surface area contributed by atoms with Gasteiger partial charge in [-0.25, -0.2) is 9.48 Å². The number of carbonyl (C=O) groups is 2. The topological polar surface area (TPSA) is 82.8 Å². The number of nitrogens with zero attached hydrogens (tertiary/aromatic N) is 3. The molecule has 10 heteroatoms. The Hall–Kier alpha value is -4.41. The summed E-state index contributed by atoms with van der Waals surface area (Å²) < 4.78 is 14.6. The molecule has 1 saturated heterocycles. The monoisotopic (exact) mass is 613 g/mol. The average molecular weight is 614 g/mol. The second kappa shape index (κ2) is 11.7. The van der Waals surface area contributed by atoms with Gasteiger partial charge in [0.15, 0.2) is 15.8 Å². The lowest BCUT2D eigenvalue weighted by Crippen LogP contribution is -2.33. The molecule has 5 rings (SSSR count). The minimum absolute atomic E-state index is 0.0307. The van der Waals surface area contributed by atoms with Crippen LogP contribution in [0.5, 0.6) is 11.5 Å². The Labute approximate surface area is 259 Å². The number of esters is 1. The Bertz CT molecular complexity index is 1830. The van der Waals surface area contributed by atoms with Crippen molar-refractivity contribution in [3.05, 3.63) is 110 Å². The van der Waals surface area contributed by atoms with Crippen molar-refractivity contribution in [3.8, 4) is 17.2 Å². The van der Waals surface area contributed by atoms with Gasteiger partial charge in [0, 0.05) is 7.05 Å². The number of para-hydroxylation sites is 1. The summed E-state index contributed by atoms with van der Waals surface area (Å²) in [6, 6.07) is 21.5. The second-order valence-corrected chi connectivity index (χ2v) is 12.7. The van der Waals surface area contributed by atoms with Crippen molar-refractivity contribution in [2.75, 3.05) is 12.0 Å². The third-order valence-corrected chi connectivity index (χ3v) is 8.52. The molecule has 0 radical (unpaired) electrons. The van der Waals surface area contributed by atoms with Crippen molar-refractivity contribution >= 4 is 51.9 Å². The molecule has 1 aliphatic rings. The average Bonchev–Trinajstić information content (AvgIpc) is 3.37. The van der Waals surface area contributed by atoms with Crippen LogP contribution >= 0.6 is 24.0 Å². The fourth-order valence-electron chi connectivity index (χ4n) is 4.75.